The lowest BCUT2D eigenvalue weighted by Crippen LogP contribution is -2.31. The standard InChI is InChI=1S/C14H21NS/c1-2-15-14(10-5-3-6-10)13-9-11-7-4-8-12(11)16-13/h9-10,14-15H,2-8H2,1H3. The number of rotatable bonds is 4. The third-order valence-electron chi connectivity index (χ3n) is 4.12. The van der Waals surface area contributed by atoms with Crippen molar-refractivity contribution >= 4 is 11.3 Å². The summed E-state index contributed by atoms with van der Waals surface area (Å²) in [5.41, 5.74) is 1.65. The lowest BCUT2D eigenvalue weighted by Gasteiger charge is -2.33. The molecule has 16 heavy (non-hydrogen) atoms. The highest BCUT2D eigenvalue weighted by Gasteiger charge is 2.30. The monoisotopic (exact) mass is 235 g/mol. The molecule has 1 nitrogen and oxygen atoms in total. The molecule has 0 bridgehead atoms. The summed E-state index contributed by atoms with van der Waals surface area (Å²) in [6, 6.07) is 3.16. The molecule has 1 N–H and O–H groups in total. The van der Waals surface area contributed by atoms with E-state index in [1.807, 2.05) is 0 Å². The second kappa shape index (κ2) is 4.50. The zero-order valence-electron chi connectivity index (χ0n) is 10.1. The normalized spacial score (nSPS) is 21.8. The van der Waals surface area contributed by atoms with Gasteiger partial charge in [-0.05, 0) is 56.2 Å². The van der Waals surface area contributed by atoms with E-state index in [1.165, 1.54) is 38.5 Å². The van der Waals surface area contributed by atoms with E-state index < -0.39 is 0 Å². The van der Waals surface area contributed by atoms with E-state index in [0.717, 1.165) is 12.5 Å². The molecule has 0 saturated heterocycles. The van der Waals surface area contributed by atoms with Crippen molar-refractivity contribution in [2.45, 2.75) is 51.5 Å². The van der Waals surface area contributed by atoms with E-state index in [1.54, 1.807) is 15.3 Å². The lowest BCUT2D eigenvalue weighted by molar-refractivity contribution is 0.236. The zero-order chi connectivity index (χ0) is 11.0. The highest BCUT2D eigenvalue weighted by molar-refractivity contribution is 7.12. The van der Waals surface area contributed by atoms with Gasteiger partial charge < -0.3 is 5.32 Å². The van der Waals surface area contributed by atoms with Crippen molar-refractivity contribution in [2.75, 3.05) is 6.54 Å². The number of thiophene rings is 1. The maximum absolute atomic E-state index is 3.70. The predicted molar refractivity (Wildman–Crippen MR) is 70.1 cm³/mol. The molecular formula is C14H21NS. The third-order valence-corrected chi connectivity index (χ3v) is 5.44. The van der Waals surface area contributed by atoms with Crippen LogP contribution < -0.4 is 5.32 Å². The van der Waals surface area contributed by atoms with Crippen molar-refractivity contribution in [1.29, 1.82) is 0 Å². The van der Waals surface area contributed by atoms with Gasteiger partial charge in [-0.2, -0.15) is 0 Å². The molecule has 3 rings (SSSR count). The summed E-state index contributed by atoms with van der Waals surface area (Å²) in [6.07, 6.45) is 8.35. The second-order valence-corrected chi connectivity index (χ2v) is 6.35. The van der Waals surface area contributed by atoms with Crippen molar-refractivity contribution < 1.29 is 0 Å². The number of aryl methyl sites for hydroxylation is 2. The van der Waals surface area contributed by atoms with E-state index in [0.29, 0.717) is 6.04 Å². The van der Waals surface area contributed by atoms with Crippen molar-refractivity contribution in [3.63, 3.8) is 0 Å². The SMILES string of the molecule is CCNC(c1cc2c(s1)CCC2)C1CCC1. The van der Waals surface area contributed by atoms with Crippen LogP contribution in [0, 0.1) is 5.92 Å². The Morgan fingerprint density at radius 1 is 1.38 bits per heavy atom. The van der Waals surface area contributed by atoms with Crippen LogP contribution >= 0.6 is 11.3 Å². The Morgan fingerprint density at radius 3 is 2.88 bits per heavy atom. The fourth-order valence-corrected chi connectivity index (χ4v) is 4.42. The molecule has 1 fully saturated rings. The van der Waals surface area contributed by atoms with Gasteiger partial charge in [0.05, 0.1) is 0 Å². The minimum atomic E-state index is 0.661. The van der Waals surface area contributed by atoms with Crippen LogP contribution in [0.2, 0.25) is 0 Å². The Bertz CT molecular complexity index is 343. The molecule has 1 heterocycles. The van der Waals surface area contributed by atoms with Crippen molar-refractivity contribution in [2.24, 2.45) is 5.92 Å². The Labute approximate surface area is 102 Å². The summed E-state index contributed by atoms with van der Waals surface area (Å²) in [6.45, 7) is 3.33. The van der Waals surface area contributed by atoms with E-state index in [4.69, 9.17) is 0 Å². The van der Waals surface area contributed by atoms with Crippen molar-refractivity contribution in [3.8, 4) is 0 Å². The fraction of sp³-hybridized carbons (Fsp3) is 0.714. The lowest BCUT2D eigenvalue weighted by atomic mass is 9.79. The number of hydrogen-bond donors (Lipinski definition) is 1. The van der Waals surface area contributed by atoms with Crippen molar-refractivity contribution in [1.82, 2.24) is 5.32 Å². The van der Waals surface area contributed by atoms with Gasteiger partial charge in [-0.15, -0.1) is 11.3 Å². The Hall–Kier alpha value is -0.340. The predicted octanol–water partition coefficient (Wildman–Crippen LogP) is 3.69. The minimum absolute atomic E-state index is 0.661. The molecule has 2 heteroatoms. The molecule has 88 valence electrons. The van der Waals surface area contributed by atoms with Crippen LogP contribution in [-0.4, -0.2) is 6.54 Å². The average molecular weight is 235 g/mol. The van der Waals surface area contributed by atoms with Crippen LogP contribution in [0.4, 0.5) is 0 Å². The maximum Gasteiger partial charge on any atom is 0.0443 e. The smallest absolute Gasteiger partial charge is 0.0443 e. The molecule has 2 aliphatic carbocycles. The maximum atomic E-state index is 3.70. The molecule has 1 saturated carbocycles. The molecule has 1 atom stereocenters. The van der Waals surface area contributed by atoms with Gasteiger partial charge in [-0.3, -0.25) is 0 Å². The van der Waals surface area contributed by atoms with E-state index >= 15 is 0 Å². The molecule has 0 aliphatic heterocycles. The van der Waals surface area contributed by atoms with Crippen LogP contribution in [0.3, 0.4) is 0 Å². The summed E-state index contributed by atoms with van der Waals surface area (Å²) in [7, 11) is 0. The number of nitrogens with one attached hydrogen (secondary N) is 1. The van der Waals surface area contributed by atoms with E-state index in [9.17, 15) is 0 Å². The van der Waals surface area contributed by atoms with Gasteiger partial charge >= 0.3 is 0 Å². The first kappa shape index (κ1) is 10.8. The van der Waals surface area contributed by atoms with Gasteiger partial charge in [-0.25, -0.2) is 0 Å². The number of hydrogen-bond acceptors (Lipinski definition) is 2. The molecule has 0 aromatic carbocycles. The summed E-state index contributed by atoms with van der Waals surface area (Å²) in [5, 5.41) is 3.70. The van der Waals surface area contributed by atoms with Crippen LogP contribution in [0.25, 0.3) is 0 Å². The van der Waals surface area contributed by atoms with Gasteiger partial charge in [0.1, 0.15) is 0 Å². The first-order valence-electron chi connectivity index (χ1n) is 6.73. The highest BCUT2D eigenvalue weighted by Crippen LogP contribution is 2.42. The molecule has 0 amide bonds. The van der Waals surface area contributed by atoms with Gasteiger partial charge in [-0.1, -0.05) is 13.3 Å². The fourth-order valence-electron chi connectivity index (χ4n) is 3.00. The first-order valence-corrected chi connectivity index (χ1v) is 7.55. The molecular weight excluding hydrogens is 214 g/mol. The molecule has 1 aromatic heterocycles. The van der Waals surface area contributed by atoms with Gasteiger partial charge in [0.15, 0.2) is 0 Å². The summed E-state index contributed by atoms with van der Waals surface area (Å²) in [4.78, 5) is 3.30. The second-order valence-electron chi connectivity index (χ2n) is 5.18. The summed E-state index contributed by atoms with van der Waals surface area (Å²) < 4.78 is 0. The van der Waals surface area contributed by atoms with Crippen LogP contribution in [0.1, 0.15) is 54.0 Å². The first-order chi connectivity index (χ1) is 7.88. The number of fused-ring (bicyclic) bond motifs is 1. The summed E-state index contributed by atoms with van der Waals surface area (Å²) in [5.74, 6) is 0.915. The van der Waals surface area contributed by atoms with Gasteiger partial charge in [0, 0.05) is 15.8 Å². The zero-order valence-corrected chi connectivity index (χ0v) is 10.9. The van der Waals surface area contributed by atoms with E-state index in [2.05, 4.69) is 29.6 Å². The molecule has 2 aliphatic rings. The molecule has 0 spiro atoms. The molecule has 0 radical (unpaired) electrons. The van der Waals surface area contributed by atoms with Crippen LogP contribution in [0.15, 0.2) is 6.07 Å². The Kier molecular flexibility index (Phi) is 3.03. The largest absolute Gasteiger partial charge is 0.309 e. The Balaban J connectivity index is 1.81. The van der Waals surface area contributed by atoms with Crippen LogP contribution in [-0.2, 0) is 12.8 Å². The quantitative estimate of drug-likeness (QED) is 0.839. The van der Waals surface area contributed by atoms with Crippen molar-refractivity contribution in [3.05, 3.63) is 21.4 Å². The topological polar surface area (TPSA) is 12.0 Å². The molecule has 1 unspecified atom stereocenters. The summed E-state index contributed by atoms with van der Waals surface area (Å²) >= 11 is 2.09. The average Bonchev–Trinajstić information content (AvgIpc) is 2.72. The van der Waals surface area contributed by atoms with Gasteiger partial charge in [0.2, 0.25) is 0 Å². The molecule has 1 aromatic rings. The van der Waals surface area contributed by atoms with Gasteiger partial charge in [0.25, 0.3) is 0 Å². The third kappa shape index (κ3) is 1.82. The van der Waals surface area contributed by atoms with Crippen LogP contribution in [0.5, 0.6) is 0 Å². The van der Waals surface area contributed by atoms with E-state index in [-0.39, 0.29) is 0 Å². The Morgan fingerprint density at radius 2 is 2.25 bits per heavy atom. The minimum Gasteiger partial charge on any atom is -0.309 e. The highest BCUT2D eigenvalue weighted by atomic mass is 32.1.